The molecule has 2 aromatic carbocycles. The van der Waals surface area contributed by atoms with Crippen molar-refractivity contribution in [1.29, 1.82) is 0 Å². The smallest absolute Gasteiger partial charge is 0.220 e. The lowest BCUT2D eigenvalue weighted by molar-refractivity contribution is -0.121. The van der Waals surface area contributed by atoms with Crippen LogP contribution in [0.5, 0.6) is 0 Å². The van der Waals surface area contributed by atoms with Crippen LogP contribution in [0.4, 0.5) is 0 Å². The Morgan fingerprint density at radius 1 is 1.09 bits per heavy atom. The molecule has 0 spiro atoms. The fourth-order valence-corrected chi connectivity index (χ4v) is 3.82. The van der Waals surface area contributed by atoms with Crippen LogP contribution in [-0.4, -0.2) is 17.4 Å². The fraction of sp³-hybridized carbons (Fsp3) is 0.222. The van der Waals surface area contributed by atoms with Crippen LogP contribution >= 0.6 is 27.3 Å². The lowest BCUT2D eigenvalue weighted by Crippen LogP contribution is -2.25. The quantitative estimate of drug-likeness (QED) is 0.681. The molecule has 0 aliphatic heterocycles. The van der Waals surface area contributed by atoms with Gasteiger partial charge in [0.25, 0.3) is 0 Å². The van der Waals surface area contributed by atoms with Gasteiger partial charge in [-0.3, -0.25) is 4.79 Å². The summed E-state index contributed by atoms with van der Waals surface area (Å²) in [6, 6.07) is 16.1. The first-order chi connectivity index (χ1) is 11.2. The minimum atomic E-state index is 0.0851. The number of benzene rings is 2. The molecule has 1 amide bonds. The summed E-state index contributed by atoms with van der Waals surface area (Å²) in [5.41, 5.74) is 2.20. The van der Waals surface area contributed by atoms with Gasteiger partial charge in [-0.05, 0) is 30.2 Å². The number of aryl methyl sites for hydroxylation is 1. The molecule has 1 heterocycles. The van der Waals surface area contributed by atoms with E-state index in [0.29, 0.717) is 13.0 Å². The van der Waals surface area contributed by atoms with E-state index in [1.807, 2.05) is 42.5 Å². The van der Waals surface area contributed by atoms with Gasteiger partial charge >= 0.3 is 0 Å². The zero-order valence-electron chi connectivity index (χ0n) is 12.6. The number of nitrogens with zero attached hydrogens (tertiary/aromatic N) is 1. The van der Waals surface area contributed by atoms with Crippen molar-refractivity contribution >= 4 is 43.4 Å². The van der Waals surface area contributed by atoms with Crippen LogP contribution in [-0.2, 0) is 17.6 Å². The lowest BCUT2D eigenvalue weighted by Gasteiger charge is -2.05. The molecular formula is C18H17BrN2OS. The highest BCUT2D eigenvalue weighted by Gasteiger charge is 2.06. The topological polar surface area (TPSA) is 42.0 Å². The predicted molar refractivity (Wildman–Crippen MR) is 98.8 cm³/mol. The van der Waals surface area contributed by atoms with Crippen LogP contribution in [0.25, 0.3) is 10.2 Å². The Balaban J connectivity index is 1.45. The average Bonchev–Trinajstić information content (AvgIpc) is 2.97. The molecule has 0 atom stereocenters. The third kappa shape index (κ3) is 4.39. The van der Waals surface area contributed by atoms with E-state index in [9.17, 15) is 4.79 Å². The van der Waals surface area contributed by atoms with Gasteiger partial charge in [-0.15, -0.1) is 11.3 Å². The van der Waals surface area contributed by atoms with Gasteiger partial charge in [-0.1, -0.05) is 46.3 Å². The maximum atomic E-state index is 11.9. The minimum absolute atomic E-state index is 0.0851. The van der Waals surface area contributed by atoms with Crippen molar-refractivity contribution in [2.45, 2.75) is 19.3 Å². The van der Waals surface area contributed by atoms with Gasteiger partial charge in [-0.25, -0.2) is 4.98 Å². The van der Waals surface area contributed by atoms with Crippen molar-refractivity contribution in [3.63, 3.8) is 0 Å². The molecule has 0 saturated carbocycles. The summed E-state index contributed by atoms with van der Waals surface area (Å²) < 4.78 is 2.25. The summed E-state index contributed by atoms with van der Waals surface area (Å²) in [4.78, 5) is 16.5. The molecule has 3 nitrogen and oxygen atoms in total. The molecule has 0 aliphatic rings. The Bertz CT molecular complexity index is 782. The molecule has 0 saturated heterocycles. The van der Waals surface area contributed by atoms with Crippen LogP contribution in [0.2, 0.25) is 0 Å². The highest BCUT2D eigenvalue weighted by atomic mass is 79.9. The Kier molecular flexibility index (Phi) is 5.41. The van der Waals surface area contributed by atoms with E-state index in [2.05, 4.69) is 32.3 Å². The second kappa shape index (κ2) is 7.70. The molecule has 0 bridgehead atoms. The van der Waals surface area contributed by atoms with Crippen LogP contribution in [0.15, 0.2) is 53.0 Å². The van der Waals surface area contributed by atoms with Gasteiger partial charge in [0.15, 0.2) is 0 Å². The molecule has 1 N–H and O–H groups in total. The van der Waals surface area contributed by atoms with Crippen molar-refractivity contribution in [3.8, 4) is 0 Å². The SMILES string of the molecule is O=C(CCc1ccccc1Br)NCCc1nc2ccccc2s1. The van der Waals surface area contributed by atoms with Crippen molar-refractivity contribution in [2.75, 3.05) is 6.54 Å². The number of halogens is 1. The number of carbonyl (C=O) groups is 1. The first-order valence-electron chi connectivity index (χ1n) is 7.57. The first-order valence-corrected chi connectivity index (χ1v) is 9.18. The van der Waals surface area contributed by atoms with E-state index in [4.69, 9.17) is 0 Å². The maximum absolute atomic E-state index is 11.9. The van der Waals surface area contributed by atoms with Crippen LogP contribution in [0, 0.1) is 0 Å². The number of amides is 1. The Morgan fingerprint density at radius 3 is 2.70 bits per heavy atom. The Morgan fingerprint density at radius 2 is 1.87 bits per heavy atom. The van der Waals surface area contributed by atoms with Gasteiger partial charge in [0.1, 0.15) is 0 Å². The summed E-state index contributed by atoms with van der Waals surface area (Å²) >= 11 is 5.20. The van der Waals surface area contributed by atoms with Crippen molar-refractivity contribution in [3.05, 3.63) is 63.6 Å². The van der Waals surface area contributed by atoms with Crippen LogP contribution in [0.1, 0.15) is 17.0 Å². The summed E-state index contributed by atoms with van der Waals surface area (Å²) in [6.07, 6.45) is 2.02. The number of fused-ring (bicyclic) bond motifs is 1. The second-order valence-corrected chi connectivity index (χ2v) is 7.24. The monoisotopic (exact) mass is 388 g/mol. The first kappa shape index (κ1) is 16.1. The molecular weight excluding hydrogens is 372 g/mol. The molecule has 5 heteroatoms. The summed E-state index contributed by atoms with van der Waals surface area (Å²) in [7, 11) is 0. The predicted octanol–water partition coefficient (Wildman–Crippen LogP) is 4.35. The Labute approximate surface area is 147 Å². The number of aromatic nitrogens is 1. The summed E-state index contributed by atoms with van der Waals surface area (Å²) in [6.45, 7) is 0.634. The van der Waals surface area contributed by atoms with E-state index < -0.39 is 0 Å². The molecule has 3 aromatic rings. The number of para-hydroxylation sites is 1. The van der Waals surface area contributed by atoms with E-state index in [1.54, 1.807) is 11.3 Å². The van der Waals surface area contributed by atoms with Gasteiger partial charge < -0.3 is 5.32 Å². The van der Waals surface area contributed by atoms with E-state index >= 15 is 0 Å². The van der Waals surface area contributed by atoms with Crippen LogP contribution in [0.3, 0.4) is 0 Å². The second-order valence-electron chi connectivity index (χ2n) is 5.27. The third-order valence-electron chi connectivity index (χ3n) is 3.58. The third-order valence-corrected chi connectivity index (χ3v) is 5.45. The molecule has 0 aliphatic carbocycles. The normalized spacial score (nSPS) is 10.8. The zero-order valence-corrected chi connectivity index (χ0v) is 15.0. The number of thiazole rings is 1. The number of hydrogen-bond acceptors (Lipinski definition) is 3. The fourth-order valence-electron chi connectivity index (χ4n) is 2.37. The van der Waals surface area contributed by atoms with Crippen molar-refractivity contribution in [2.24, 2.45) is 0 Å². The van der Waals surface area contributed by atoms with Crippen molar-refractivity contribution < 1.29 is 4.79 Å². The molecule has 0 fully saturated rings. The minimum Gasteiger partial charge on any atom is -0.356 e. The Hall–Kier alpha value is -1.72. The number of hydrogen-bond donors (Lipinski definition) is 1. The van der Waals surface area contributed by atoms with Gasteiger partial charge in [0.05, 0.1) is 15.2 Å². The highest BCUT2D eigenvalue weighted by Crippen LogP contribution is 2.21. The lowest BCUT2D eigenvalue weighted by atomic mass is 10.1. The van der Waals surface area contributed by atoms with Gasteiger partial charge in [-0.2, -0.15) is 0 Å². The highest BCUT2D eigenvalue weighted by molar-refractivity contribution is 9.10. The summed E-state index contributed by atoms with van der Waals surface area (Å²) in [5, 5.41) is 4.04. The number of nitrogens with one attached hydrogen (secondary N) is 1. The van der Waals surface area contributed by atoms with E-state index in [0.717, 1.165) is 33.4 Å². The standard InChI is InChI=1S/C18H17BrN2OS/c19-14-6-2-1-5-13(14)9-10-17(22)20-12-11-18-21-15-7-3-4-8-16(15)23-18/h1-8H,9-12H2,(H,20,22). The molecule has 1 aromatic heterocycles. The number of carbonyl (C=O) groups excluding carboxylic acids is 1. The van der Waals surface area contributed by atoms with Crippen molar-refractivity contribution in [1.82, 2.24) is 10.3 Å². The maximum Gasteiger partial charge on any atom is 0.220 e. The number of rotatable bonds is 6. The molecule has 0 unspecified atom stereocenters. The molecule has 0 radical (unpaired) electrons. The molecule has 118 valence electrons. The van der Waals surface area contributed by atoms with Gasteiger partial charge in [0.2, 0.25) is 5.91 Å². The van der Waals surface area contributed by atoms with E-state index in [1.165, 1.54) is 4.70 Å². The average molecular weight is 389 g/mol. The summed E-state index contributed by atoms with van der Waals surface area (Å²) in [5.74, 6) is 0.0851. The zero-order chi connectivity index (χ0) is 16.1. The van der Waals surface area contributed by atoms with E-state index in [-0.39, 0.29) is 5.91 Å². The molecule has 3 rings (SSSR count). The van der Waals surface area contributed by atoms with Gasteiger partial charge in [0, 0.05) is 23.9 Å². The van der Waals surface area contributed by atoms with Crippen LogP contribution < -0.4 is 5.32 Å². The molecule has 23 heavy (non-hydrogen) atoms. The largest absolute Gasteiger partial charge is 0.356 e.